The Morgan fingerprint density at radius 1 is 0.875 bits per heavy atom. The van der Waals surface area contributed by atoms with Gasteiger partial charge in [-0.05, 0) is 60.7 Å². The first-order valence-corrected chi connectivity index (χ1v) is 13.6. The van der Waals surface area contributed by atoms with Gasteiger partial charge in [0.25, 0.3) is 0 Å². The lowest BCUT2D eigenvalue weighted by Crippen LogP contribution is -2.51. The molecule has 0 aromatic heterocycles. The van der Waals surface area contributed by atoms with E-state index >= 15 is 0 Å². The maximum Gasteiger partial charge on any atom is 0.410 e. The van der Waals surface area contributed by atoms with E-state index in [2.05, 4.69) is 24.3 Å². The van der Waals surface area contributed by atoms with Gasteiger partial charge in [0.05, 0.1) is 0 Å². The molecular formula is C32H35ClN2O5. The van der Waals surface area contributed by atoms with Crippen LogP contribution in [0.1, 0.15) is 43.4 Å². The van der Waals surface area contributed by atoms with Crippen LogP contribution in [0, 0.1) is 0 Å². The Kier molecular flexibility index (Phi) is 8.84. The molecule has 2 amide bonds. The van der Waals surface area contributed by atoms with Crippen LogP contribution in [0.2, 0.25) is 5.02 Å². The fourth-order valence-electron chi connectivity index (χ4n) is 4.96. The van der Waals surface area contributed by atoms with Crippen molar-refractivity contribution in [2.75, 3.05) is 27.2 Å². The van der Waals surface area contributed by atoms with E-state index in [1.807, 2.05) is 36.4 Å². The fraction of sp³-hybridized carbons (Fsp3) is 0.344. The third-order valence-electron chi connectivity index (χ3n) is 6.88. The number of ether oxygens (including phenoxy) is 2. The average Bonchev–Trinajstić information content (AvgIpc) is 3.23. The summed E-state index contributed by atoms with van der Waals surface area (Å²) in [5, 5.41) is 0.568. The number of halogens is 1. The van der Waals surface area contributed by atoms with Gasteiger partial charge in [0.15, 0.2) is 0 Å². The predicted octanol–water partition coefficient (Wildman–Crippen LogP) is 5.93. The van der Waals surface area contributed by atoms with Crippen molar-refractivity contribution in [1.29, 1.82) is 0 Å². The summed E-state index contributed by atoms with van der Waals surface area (Å²) in [5.74, 6) is -1.04. The van der Waals surface area contributed by atoms with Crippen LogP contribution in [0.15, 0.2) is 72.8 Å². The Hall–Kier alpha value is -3.84. The maximum atomic E-state index is 13.6. The van der Waals surface area contributed by atoms with Gasteiger partial charge in [-0.25, -0.2) is 4.79 Å². The highest BCUT2D eigenvalue weighted by molar-refractivity contribution is 6.30. The van der Waals surface area contributed by atoms with E-state index in [0.717, 1.165) is 27.8 Å². The zero-order valence-corrected chi connectivity index (χ0v) is 24.3. The van der Waals surface area contributed by atoms with E-state index in [1.54, 1.807) is 40.0 Å². The van der Waals surface area contributed by atoms with Gasteiger partial charge in [0.1, 0.15) is 24.8 Å². The van der Waals surface area contributed by atoms with Crippen LogP contribution >= 0.6 is 11.6 Å². The molecule has 4 rings (SSSR count). The lowest BCUT2D eigenvalue weighted by atomic mass is 9.98. The van der Waals surface area contributed by atoms with Gasteiger partial charge in [0, 0.05) is 31.5 Å². The molecule has 1 aliphatic rings. The molecule has 0 radical (unpaired) electrons. The van der Waals surface area contributed by atoms with E-state index in [0.29, 0.717) is 5.02 Å². The molecule has 8 heteroatoms. The minimum Gasteiger partial charge on any atom is -0.459 e. The van der Waals surface area contributed by atoms with Crippen LogP contribution in [0.3, 0.4) is 0 Å². The number of fused-ring (bicyclic) bond motifs is 3. The SMILES string of the molecule is CN(CC(=O)OC(C)(C)C)C(=O)[C@@H](Cc1ccc(Cl)cc1)N(C)C(=O)OCC1c2ccccc2-c2ccccc21. The maximum absolute atomic E-state index is 13.6. The molecule has 0 bridgehead atoms. The van der Waals surface area contributed by atoms with Crippen LogP contribution < -0.4 is 0 Å². The molecule has 0 saturated heterocycles. The van der Waals surface area contributed by atoms with Crippen molar-refractivity contribution in [3.8, 4) is 11.1 Å². The van der Waals surface area contributed by atoms with Gasteiger partial charge >= 0.3 is 12.1 Å². The number of nitrogens with zero attached hydrogens (tertiary/aromatic N) is 2. The van der Waals surface area contributed by atoms with Crippen molar-refractivity contribution < 1.29 is 23.9 Å². The Morgan fingerprint density at radius 3 is 1.98 bits per heavy atom. The molecule has 0 saturated carbocycles. The molecule has 210 valence electrons. The van der Waals surface area contributed by atoms with Gasteiger partial charge in [-0.3, -0.25) is 14.5 Å². The van der Waals surface area contributed by atoms with Crippen molar-refractivity contribution in [3.63, 3.8) is 0 Å². The summed E-state index contributed by atoms with van der Waals surface area (Å²) < 4.78 is 11.2. The molecule has 0 aliphatic heterocycles. The molecule has 1 atom stereocenters. The number of amides is 2. The normalized spacial score (nSPS) is 13.2. The van der Waals surface area contributed by atoms with Crippen molar-refractivity contribution in [3.05, 3.63) is 94.5 Å². The number of esters is 1. The highest BCUT2D eigenvalue weighted by Crippen LogP contribution is 2.44. The quantitative estimate of drug-likeness (QED) is 0.318. The summed E-state index contributed by atoms with van der Waals surface area (Å²) in [6.45, 7) is 5.18. The zero-order chi connectivity index (χ0) is 29.0. The summed E-state index contributed by atoms with van der Waals surface area (Å²) >= 11 is 6.05. The first-order chi connectivity index (χ1) is 18.9. The molecule has 3 aromatic carbocycles. The van der Waals surface area contributed by atoms with Crippen molar-refractivity contribution in [1.82, 2.24) is 9.80 Å². The number of carbonyl (C=O) groups is 3. The number of hydrogen-bond acceptors (Lipinski definition) is 5. The number of hydrogen-bond donors (Lipinski definition) is 0. The minimum absolute atomic E-state index is 0.106. The van der Waals surface area contributed by atoms with Crippen LogP contribution in [0.25, 0.3) is 11.1 Å². The van der Waals surface area contributed by atoms with Crippen LogP contribution in [-0.2, 0) is 25.5 Å². The van der Waals surface area contributed by atoms with Crippen LogP contribution in [-0.4, -0.2) is 66.7 Å². The highest BCUT2D eigenvalue weighted by Gasteiger charge is 2.34. The molecule has 0 unspecified atom stereocenters. The second-order valence-corrected chi connectivity index (χ2v) is 11.5. The zero-order valence-electron chi connectivity index (χ0n) is 23.5. The first kappa shape index (κ1) is 29.2. The lowest BCUT2D eigenvalue weighted by Gasteiger charge is -2.31. The average molecular weight is 563 g/mol. The Balaban J connectivity index is 1.50. The van der Waals surface area contributed by atoms with Gasteiger partial charge in [-0.2, -0.15) is 0 Å². The predicted molar refractivity (Wildman–Crippen MR) is 155 cm³/mol. The lowest BCUT2D eigenvalue weighted by molar-refractivity contribution is -0.158. The molecule has 0 fully saturated rings. The van der Waals surface area contributed by atoms with Gasteiger partial charge in [-0.1, -0.05) is 72.3 Å². The van der Waals surface area contributed by atoms with Crippen LogP contribution in [0.4, 0.5) is 4.79 Å². The van der Waals surface area contributed by atoms with E-state index in [-0.39, 0.29) is 25.5 Å². The molecule has 40 heavy (non-hydrogen) atoms. The molecule has 1 aliphatic carbocycles. The molecule has 3 aromatic rings. The van der Waals surface area contributed by atoms with Crippen molar-refractivity contribution >= 4 is 29.6 Å². The topological polar surface area (TPSA) is 76.2 Å². The number of carbonyl (C=O) groups excluding carboxylic acids is 3. The number of rotatable bonds is 8. The first-order valence-electron chi connectivity index (χ1n) is 13.2. The van der Waals surface area contributed by atoms with E-state index in [9.17, 15) is 14.4 Å². The third kappa shape index (κ3) is 6.83. The third-order valence-corrected chi connectivity index (χ3v) is 7.13. The molecular weight excluding hydrogens is 528 g/mol. The van der Waals surface area contributed by atoms with Gasteiger partial charge in [-0.15, -0.1) is 0 Å². The summed E-state index contributed by atoms with van der Waals surface area (Å²) in [6.07, 6.45) is -0.408. The monoisotopic (exact) mass is 562 g/mol. The Bertz CT molecular complexity index is 1340. The molecule has 7 nitrogen and oxygen atoms in total. The highest BCUT2D eigenvalue weighted by atomic mass is 35.5. The Morgan fingerprint density at radius 2 is 1.43 bits per heavy atom. The fourth-order valence-corrected chi connectivity index (χ4v) is 5.08. The van der Waals surface area contributed by atoms with Crippen molar-refractivity contribution in [2.24, 2.45) is 0 Å². The van der Waals surface area contributed by atoms with Crippen molar-refractivity contribution in [2.45, 2.75) is 44.8 Å². The second kappa shape index (κ2) is 12.1. The second-order valence-electron chi connectivity index (χ2n) is 11.0. The van der Waals surface area contributed by atoms with Gasteiger partial charge in [0.2, 0.25) is 5.91 Å². The standard InChI is InChI=1S/C32H35ClN2O5/c1-32(2,3)40-29(36)19-34(4)30(37)28(18-21-14-16-22(33)17-15-21)35(5)31(38)39-20-27-25-12-8-6-10-23(25)24-11-7-9-13-26(24)27/h6-17,27-28H,18-20H2,1-5H3/t28-/m1/s1. The largest absolute Gasteiger partial charge is 0.459 e. The molecule has 0 N–H and O–H groups in total. The van der Waals surface area contributed by atoms with Gasteiger partial charge < -0.3 is 14.4 Å². The summed E-state index contributed by atoms with van der Waals surface area (Å²) in [7, 11) is 3.06. The summed E-state index contributed by atoms with van der Waals surface area (Å²) in [4.78, 5) is 41.9. The van der Waals surface area contributed by atoms with E-state index < -0.39 is 29.6 Å². The number of likely N-dealkylation sites (N-methyl/N-ethyl adjacent to an activating group) is 2. The smallest absolute Gasteiger partial charge is 0.410 e. The van der Waals surface area contributed by atoms with E-state index in [1.165, 1.54) is 16.8 Å². The summed E-state index contributed by atoms with van der Waals surface area (Å²) in [5.41, 5.74) is 4.60. The van der Waals surface area contributed by atoms with Crippen LogP contribution in [0.5, 0.6) is 0 Å². The van der Waals surface area contributed by atoms with E-state index in [4.69, 9.17) is 21.1 Å². The molecule has 0 spiro atoms. The number of benzene rings is 3. The molecule has 0 heterocycles. The summed E-state index contributed by atoms with van der Waals surface area (Å²) in [6, 6.07) is 22.4. The minimum atomic E-state index is -0.913. The Labute approximate surface area is 240 Å².